The summed E-state index contributed by atoms with van der Waals surface area (Å²) in [6, 6.07) is 1.95. The molecule has 0 aliphatic heterocycles. The topological polar surface area (TPSA) is 55.8 Å². The highest BCUT2D eigenvalue weighted by Gasteiger charge is 2.25. The maximum absolute atomic E-state index is 11.9. The van der Waals surface area contributed by atoms with E-state index >= 15 is 0 Å². The molecule has 0 unspecified atom stereocenters. The number of hydrogen-bond donors (Lipinski definition) is 0. The molecule has 0 saturated carbocycles. The second-order valence-electron chi connectivity index (χ2n) is 4.37. The number of aryl methyl sites for hydroxylation is 2. The molecule has 1 aromatic carbocycles. The van der Waals surface area contributed by atoms with E-state index in [9.17, 15) is 9.59 Å². The second kappa shape index (κ2) is 5.73. The van der Waals surface area contributed by atoms with Crippen LogP contribution in [-0.2, 0) is 14.3 Å². The third-order valence-electron chi connectivity index (χ3n) is 3.16. The molecule has 1 aromatic rings. The predicted molar refractivity (Wildman–Crippen MR) is 72.6 cm³/mol. The second-order valence-corrected chi connectivity index (χ2v) is 4.37. The van der Waals surface area contributed by atoms with Crippen LogP contribution in [0.25, 0.3) is 0 Å². The summed E-state index contributed by atoms with van der Waals surface area (Å²) in [5.74, 6) is -1.04. The van der Waals surface area contributed by atoms with Gasteiger partial charge in [0.15, 0.2) is 0 Å². The molecule has 104 valence electrons. The highest BCUT2D eigenvalue weighted by atomic mass is 16.5. The van der Waals surface area contributed by atoms with Gasteiger partial charge in [-0.05, 0) is 37.5 Å². The van der Waals surface area contributed by atoms with Gasteiger partial charge in [0.2, 0.25) is 0 Å². The lowest BCUT2D eigenvalue weighted by atomic mass is 10.0. The standard InChI is InChI=1S/C14H19NO4/c1-8-7-9(2)11(12(18-5)10(8)3)15(4)13(16)14(17)19-6/h7H,1-6H3. The van der Waals surface area contributed by atoms with Crippen LogP contribution in [-0.4, -0.2) is 33.1 Å². The van der Waals surface area contributed by atoms with E-state index in [1.165, 1.54) is 19.1 Å². The summed E-state index contributed by atoms with van der Waals surface area (Å²) in [7, 11) is 4.25. The van der Waals surface area contributed by atoms with Crippen molar-refractivity contribution in [3.8, 4) is 5.75 Å². The lowest BCUT2D eigenvalue weighted by Gasteiger charge is -2.23. The van der Waals surface area contributed by atoms with Crippen molar-refractivity contribution in [2.24, 2.45) is 0 Å². The summed E-state index contributed by atoms with van der Waals surface area (Å²) in [6.45, 7) is 5.75. The molecule has 5 nitrogen and oxygen atoms in total. The zero-order chi connectivity index (χ0) is 14.7. The van der Waals surface area contributed by atoms with Crippen LogP contribution in [0.4, 0.5) is 5.69 Å². The number of rotatable bonds is 2. The normalized spacial score (nSPS) is 10.0. The van der Waals surface area contributed by atoms with Gasteiger partial charge in [-0.1, -0.05) is 6.07 Å². The van der Waals surface area contributed by atoms with Crippen LogP contribution >= 0.6 is 0 Å². The molecule has 0 spiro atoms. The zero-order valence-corrected chi connectivity index (χ0v) is 12.2. The molecule has 1 rings (SSSR count). The summed E-state index contributed by atoms with van der Waals surface area (Å²) in [5.41, 5.74) is 3.45. The molecule has 0 fully saturated rings. The Morgan fingerprint density at radius 2 is 1.68 bits per heavy atom. The molecule has 19 heavy (non-hydrogen) atoms. The minimum absolute atomic E-state index is 0.584. The summed E-state index contributed by atoms with van der Waals surface area (Å²) in [4.78, 5) is 24.5. The Kier molecular flexibility index (Phi) is 4.53. The predicted octanol–water partition coefficient (Wildman–Crippen LogP) is 1.76. The number of ether oxygens (including phenoxy) is 2. The fourth-order valence-corrected chi connectivity index (χ4v) is 2.03. The molecule has 0 radical (unpaired) electrons. The number of hydrogen-bond acceptors (Lipinski definition) is 4. The number of anilines is 1. The lowest BCUT2D eigenvalue weighted by molar-refractivity contribution is -0.151. The van der Waals surface area contributed by atoms with Gasteiger partial charge in [0.1, 0.15) is 5.75 Å². The first kappa shape index (κ1) is 15.0. The van der Waals surface area contributed by atoms with Gasteiger partial charge in [-0.25, -0.2) is 4.79 Å². The molecule has 0 atom stereocenters. The number of methoxy groups -OCH3 is 2. The Morgan fingerprint density at radius 1 is 1.11 bits per heavy atom. The Balaban J connectivity index is 3.38. The van der Waals surface area contributed by atoms with Gasteiger partial charge < -0.3 is 14.4 Å². The van der Waals surface area contributed by atoms with Gasteiger partial charge >= 0.3 is 11.9 Å². The first-order valence-corrected chi connectivity index (χ1v) is 5.85. The average molecular weight is 265 g/mol. The van der Waals surface area contributed by atoms with E-state index in [0.29, 0.717) is 11.4 Å². The maximum atomic E-state index is 11.9. The number of carbonyl (C=O) groups excluding carboxylic acids is 2. The summed E-state index contributed by atoms with van der Waals surface area (Å²) in [6.07, 6.45) is 0. The van der Waals surface area contributed by atoms with Gasteiger partial charge in [0.05, 0.1) is 19.9 Å². The third-order valence-corrected chi connectivity index (χ3v) is 3.16. The number of nitrogens with zero attached hydrogens (tertiary/aromatic N) is 1. The van der Waals surface area contributed by atoms with E-state index < -0.39 is 11.9 Å². The fraction of sp³-hybridized carbons (Fsp3) is 0.429. The Labute approximate surface area is 113 Å². The van der Waals surface area contributed by atoms with Crippen molar-refractivity contribution in [2.45, 2.75) is 20.8 Å². The van der Waals surface area contributed by atoms with Crippen LogP contribution < -0.4 is 9.64 Å². The molecule has 0 saturated heterocycles. The first-order chi connectivity index (χ1) is 8.84. The van der Waals surface area contributed by atoms with Gasteiger partial charge in [-0.15, -0.1) is 0 Å². The Morgan fingerprint density at radius 3 is 2.16 bits per heavy atom. The first-order valence-electron chi connectivity index (χ1n) is 5.85. The van der Waals surface area contributed by atoms with Crippen molar-refractivity contribution in [3.05, 3.63) is 22.8 Å². The van der Waals surface area contributed by atoms with Crippen LogP contribution in [0, 0.1) is 20.8 Å². The summed E-state index contributed by atoms with van der Waals surface area (Å²) >= 11 is 0. The van der Waals surface area contributed by atoms with Crippen LogP contribution in [0.2, 0.25) is 0 Å². The number of amides is 1. The van der Waals surface area contributed by atoms with Crippen LogP contribution in [0.15, 0.2) is 6.07 Å². The number of likely N-dealkylation sites (N-methyl/N-ethyl adjacent to an activating group) is 1. The van der Waals surface area contributed by atoms with E-state index in [2.05, 4.69) is 4.74 Å². The maximum Gasteiger partial charge on any atom is 0.397 e. The lowest BCUT2D eigenvalue weighted by Crippen LogP contribution is -2.34. The van der Waals surface area contributed by atoms with Crippen molar-refractivity contribution < 1.29 is 19.1 Å². The zero-order valence-electron chi connectivity index (χ0n) is 12.2. The summed E-state index contributed by atoms with van der Waals surface area (Å²) in [5, 5.41) is 0. The summed E-state index contributed by atoms with van der Waals surface area (Å²) < 4.78 is 9.83. The average Bonchev–Trinajstić information content (AvgIpc) is 2.39. The fourth-order valence-electron chi connectivity index (χ4n) is 2.03. The number of benzene rings is 1. The number of esters is 1. The van der Waals surface area contributed by atoms with E-state index in [1.807, 2.05) is 26.8 Å². The van der Waals surface area contributed by atoms with Gasteiger partial charge in [-0.3, -0.25) is 4.79 Å². The molecule has 5 heteroatoms. The van der Waals surface area contributed by atoms with Crippen molar-refractivity contribution in [2.75, 3.05) is 26.2 Å². The van der Waals surface area contributed by atoms with Crippen LogP contribution in [0.5, 0.6) is 5.75 Å². The highest BCUT2D eigenvalue weighted by Crippen LogP contribution is 2.36. The molecular formula is C14H19NO4. The van der Waals surface area contributed by atoms with Gasteiger partial charge in [0.25, 0.3) is 0 Å². The Bertz CT molecular complexity index is 523. The molecule has 1 amide bonds. The van der Waals surface area contributed by atoms with E-state index in [4.69, 9.17) is 4.74 Å². The van der Waals surface area contributed by atoms with E-state index in [1.54, 1.807) is 7.11 Å². The minimum Gasteiger partial charge on any atom is -0.494 e. The minimum atomic E-state index is -0.901. The van der Waals surface area contributed by atoms with E-state index in [0.717, 1.165) is 16.7 Å². The smallest absolute Gasteiger partial charge is 0.397 e. The molecule has 0 aliphatic rings. The molecule has 0 bridgehead atoms. The molecule has 0 aliphatic carbocycles. The SMILES string of the molecule is COC(=O)C(=O)N(C)c1c(C)cc(C)c(C)c1OC. The number of carbonyl (C=O) groups is 2. The largest absolute Gasteiger partial charge is 0.494 e. The molecule has 0 aromatic heterocycles. The van der Waals surface area contributed by atoms with Crippen molar-refractivity contribution in [1.29, 1.82) is 0 Å². The van der Waals surface area contributed by atoms with E-state index in [-0.39, 0.29) is 0 Å². The quantitative estimate of drug-likeness (QED) is 0.604. The third kappa shape index (κ3) is 2.70. The van der Waals surface area contributed by atoms with Crippen molar-refractivity contribution >= 4 is 17.6 Å². The monoisotopic (exact) mass is 265 g/mol. The van der Waals surface area contributed by atoms with Crippen molar-refractivity contribution in [1.82, 2.24) is 0 Å². The highest BCUT2D eigenvalue weighted by molar-refractivity contribution is 6.38. The van der Waals surface area contributed by atoms with Crippen LogP contribution in [0.1, 0.15) is 16.7 Å². The molecule has 0 heterocycles. The van der Waals surface area contributed by atoms with Crippen LogP contribution in [0.3, 0.4) is 0 Å². The van der Waals surface area contributed by atoms with Gasteiger partial charge in [0, 0.05) is 7.05 Å². The molecule has 0 N–H and O–H groups in total. The van der Waals surface area contributed by atoms with Crippen molar-refractivity contribution in [3.63, 3.8) is 0 Å². The molecular weight excluding hydrogens is 246 g/mol. The van der Waals surface area contributed by atoms with Gasteiger partial charge in [-0.2, -0.15) is 0 Å². The Hall–Kier alpha value is -2.04.